The van der Waals surface area contributed by atoms with Gasteiger partial charge in [0.2, 0.25) is 0 Å². The first kappa shape index (κ1) is 25.8. The van der Waals surface area contributed by atoms with E-state index in [0.717, 1.165) is 38.6 Å². The van der Waals surface area contributed by atoms with Crippen molar-refractivity contribution in [3.8, 4) is 5.69 Å². The molecule has 0 radical (unpaired) electrons. The highest BCUT2D eigenvalue weighted by molar-refractivity contribution is 9.10. The van der Waals surface area contributed by atoms with Crippen LogP contribution >= 0.6 is 15.9 Å². The van der Waals surface area contributed by atoms with Gasteiger partial charge in [0.1, 0.15) is 11.9 Å². The van der Waals surface area contributed by atoms with Crippen LogP contribution in [0.3, 0.4) is 0 Å². The van der Waals surface area contributed by atoms with Crippen LogP contribution in [0.5, 0.6) is 0 Å². The van der Waals surface area contributed by atoms with Crippen molar-refractivity contribution in [2.75, 3.05) is 13.2 Å². The van der Waals surface area contributed by atoms with Gasteiger partial charge in [0.05, 0.1) is 42.1 Å². The number of imidazole rings is 1. The molecule has 0 fully saturated rings. The van der Waals surface area contributed by atoms with E-state index in [-0.39, 0.29) is 25.7 Å². The standard InChI is InChI=1S/C27H29BrN4O4/c1-5-35-23(33)15-27(3,4)26(34)36-13-11-21-25-30-16-17(2)32(25)22-10-9-18(28)14-19(22)24(31-21)20-8-6-7-12-29-20/h6-10,12,14,16,21H,5,11,13,15H2,1-4H3/t21-/m0/s1. The number of halogens is 1. The van der Waals surface area contributed by atoms with Gasteiger partial charge in [-0.3, -0.25) is 24.1 Å². The van der Waals surface area contributed by atoms with Crippen LogP contribution in [0.25, 0.3) is 5.69 Å². The Kier molecular flexibility index (Phi) is 7.68. The fourth-order valence-electron chi connectivity index (χ4n) is 4.18. The summed E-state index contributed by atoms with van der Waals surface area (Å²) in [7, 11) is 0. The van der Waals surface area contributed by atoms with Crippen LogP contribution in [0.15, 0.2) is 58.3 Å². The predicted molar refractivity (Wildman–Crippen MR) is 139 cm³/mol. The molecule has 3 heterocycles. The lowest BCUT2D eigenvalue weighted by Crippen LogP contribution is -2.30. The highest BCUT2D eigenvalue weighted by Gasteiger charge is 2.34. The average molecular weight is 553 g/mol. The van der Waals surface area contributed by atoms with E-state index in [9.17, 15) is 9.59 Å². The molecule has 0 N–H and O–H groups in total. The fraction of sp³-hybridized carbons (Fsp3) is 0.370. The van der Waals surface area contributed by atoms with Gasteiger partial charge in [-0.05, 0) is 58.0 Å². The number of fused-ring (bicyclic) bond motifs is 3. The molecule has 0 unspecified atom stereocenters. The summed E-state index contributed by atoms with van der Waals surface area (Å²) >= 11 is 3.59. The SMILES string of the molecule is CCOC(=O)CC(C)(C)C(=O)OCC[C@@H]1N=C(c2ccccn2)c2cc(Br)ccc2-n2c(C)cnc21. The number of aryl methyl sites for hydroxylation is 1. The Labute approximate surface area is 218 Å². The molecule has 8 nitrogen and oxygen atoms in total. The van der Waals surface area contributed by atoms with Crippen LogP contribution in [-0.2, 0) is 19.1 Å². The Balaban J connectivity index is 1.64. The van der Waals surface area contributed by atoms with Crippen LogP contribution in [0, 0.1) is 12.3 Å². The Bertz CT molecular complexity index is 1300. The third-order valence-electron chi connectivity index (χ3n) is 5.98. The first-order chi connectivity index (χ1) is 17.2. The second-order valence-electron chi connectivity index (χ2n) is 9.25. The zero-order valence-corrected chi connectivity index (χ0v) is 22.4. The maximum Gasteiger partial charge on any atom is 0.312 e. The average Bonchev–Trinajstić information content (AvgIpc) is 3.16. The smallest absolute Gasteiger partial charge is 0.312 e. The lowest BCUT2D eigenvalue weighted by molar-refractivity contribution is -0.160. The van der Waals surface area contributed by atoms with Crippen molar-refractivity contribution in [3.63, 3.8) is 0 Å². The molecule has 1 aliphatic heterocycles. The summed E-state index contributed by atoms with van der Waals surface area (Å²) in [4.78, 5) is 39.0. The molecule has 0 saturated carbocycles. The number of hydrogen-bond acceptors (Lipinski definition) is 7. The fourth-order valence-corrected chi connectivity index (χ4v) is 4.55. The summed E-state index contributed by atoms with van der Waals surface area (Å²) in [5.41, 5.74) is 3.37. The van der Waals surface area contributed by atoms with Crippen LogP contribution in [-0.4, -0.2) is 45.4 Å². The largest absolute Gasteiger partial charge is 0.466 e. The number of nitrogens with zero attached hydrogens (tertiary/aromatic N) is 4. The van der Waals surface area contributed by atoms with Crippen molar-refractivity contribution in [1.29, 1.82) is 0 Å². The second-order valence-corrected chi connectivity index (χ2v) is 10.2. The molecule has 0 spiro atoms. The van der Waals surface area contributed by atoms with Crippen LogP contribution < -0.4 is 0 Å². The van der Waals surface area contributed by atoms with Gasteiger partial charge < -0.3 is 9.47 Å². The zero-order chi connectivity index (χ0) is 25.9. The molecule has 0 aliphatic carbocycles. The molecule has 188 valence electrons. The summed E-state index contributed by atoms with van der Waals surface area (Å²) in [6.45, 7) is 7.49. The summed E-state index contributed by atoms with van der Waals surface area (Å²) in [6.07, 6.45) is 3.94. The van der Waals surface area contributed by atoms with Crippen molar-refractivity contribution < 1.29 is 19.1 Å². The summed E-state index contributed by atoms with van der Waals surface area (Å²) in [6, 6.07) is 11.4. The van der Waals surface area contributed by atoms with Gasteiger partial charge in [-0.25, -0.2) is 4.98 Å². The minimum atomic E-state index is -0.990. The van der Waals surface area contributed by atoms with Crippen molar-refractivity contribution in [2.24, 2.45) is 10.4 Å². The number of carbonyl (C=O) groups is 2. The molecule has 1 aliphatic rings. The lowest BCUT2D eigenvalue weighted by Gasteiger charge is -2.22. The van der Waals surface area contributed by atoms with E-state index in [1.807, 2.05) is 49.5 Å². The van der Waals surface area contributed by atoms with Crippen molar-refractivity contribution in [2.45, 2.75) is 46.6 Å². The van der Waals surface area contributed by atoms with E-state index in [1.165, 1.54) is 0 Å². The number of rotatable bonds is 8. The molecular weight excluding hydrogens is 524 g/mol. The number of benzene rings is 1. The normalized spacial score (nSPS) is 14.8. The molecule has 36 heavy (non-hydrogen) atoms. The predicted octanol–water partition coefficient (Wildman–Crippen LogP) is 5.14. The lowest BCUT2D eigenvalue weighted by atomic mass is 9.89. The molecule has 2 aromatic heterocycles. The maximum atomic E-state index is 12.8. The van der Waals surface area contributed by atoms with Gasteiger partial charge in [-0.2, -0.15) is 0 Å². The number of aromatic nitrogens is 3. The number of hydrogen-bond donors (Lipinski definition) is 0. The van der Waals surface area contributed by atoms with Gasteiger partial charge in [0, 0.05) is 34.5 Å². The van der Waals surface area contributed by atoms with E-state index in [4.69, 9.17) is 14.5 Å². The maximum absolute atomic E-state index is 12.8. The van der Waals surface area contributed by atoms with Crippen molar-refractivity contribution in [3.05, 3.63) is 76.0 Å². The van der Waals surface area contributed by atoms with Gasteiger partial charge in [-0.1, -0.05) is 22.0 Å². The minimum Gasteiger partial charge on any atom is -0.466 e. The number of pyridine rings is 1. The molecule has 1 atom stereocenters. The molecule has 1 aromatic carbocycles. The highest BCUT2D eigenvalue weighted by atomic mass is 79.9. The Morgan fingerprint density at radius 1 is 1.14 bits per heavy atom. The summed E-state index contributed by atoms with van der Waals surface area (Å²) in [5.74, 6) is -0.108. The van der Waals surface area contributed by atoms with Crippen LogP contribution in [0.1, 0.15) is 62.4 Å². The topological polar surface area (TPSA) is 95.7 Å². The van der Waals surface area contributed by atoms with E-state index in [1.54, 1.807) is 27.0 Å². The Morgan fingerprint density at radius 3 is 2.67 bits per heavy atom. The van der Waals surface area contributed by atoms with Gasteiger partial charge in [0.25, 0.3) is 0 Å². The molecule has 0 saturated heterocycles. The van der Waals surface area contributed by atoms with E-state index >= 15 is 0 Å². The summed E-state index contributed by atoms with van der Waals surface area (Å²) in [5, 5.41) is 0. The van der Waals surface area contributed by atoms with E-state index in [2.05, 4.69) is 30.5 Å². The van der Waals surface area contributed by atoms with Gasteiger partial charge in [-0.15, -0.1) is 0 Å². The van der Waals surface area contributed by atoms with Gasteiger partial charge in [0.15, 0.2) is 0 Å². The van der Waals surface area contributed by atoms with Crippen LogP contribution in [0.2, 0.25) is 0 Å². The third kappa shape index (κ3) is 5.41. The third-order valence-corrected chi connectivity index (χ3v) is 6.47. The number of aliphatic imine (C=N–C) groups is 1. The van der Waals surface area contributed by atoms with Gasteiger partial charge >= 0.3 is 11.9 Å². The second kappa shape index (κ2) is 10.7. The molecular formula is C27H29BrN4O4. The number of carbonyl (C=O) groups excluding carboxylic acids is 2. The number of esters is 2. The number of ether oxygens (including phenoxy) is 2. The quantitative estimate of drug-likeness (QED) is 0.359. The molecule has 9 heteroatoms. The van der Waals surface area contributed by atoms with E-state index in [0.29, 0.717) is 6.42 Å². The van der Waals surface area contributed by atoms with E-state index < -0.39 is 17.4 Å². The zero-order valence-electron chi connectivity index (χ0n) is 20.8. The monoisotopic (exact) mass is 552 g/mol. The first-order valence-corrected chi connectivity index (χ1v) is 12.7. The molecule has 0 amide bonds. The first-order valence-electron chi connectivity index (χ1n) is 11.9. The molecule has 0 bridgehead atoms. The molecule has 4 rings (SSSR count). The Morgan fingerprint density at radius 2 is 1.94 bits per heavy atom. The minimum absolute atomic E-state index is 0.0428. The molecule has 3 aromatic rings. The van der Waals surface area contributed by atoms with Crippen LogP contribution in [0.4, 0.5) is 0 Å². The highest BCUT2D eigenvalue weighted by Crippen LogP contribution is 2.34. The van der Waals surface area contributed by atoms with Crippen molar-refractivity contribution in [1.82, 2.24) is 14.5 Å². The van der Waals surface area contributed by atoms with Crippen molar-refractivity contribution >= 4 is 33.6 Å². The Hall–Kier alpha value is -3.33. The summed E-state index contributed by atoms with van der Waals surface area (Å²) < 4.78 is 13.6.